The largest absolute Gasteiger partial charge is 0.494 e. The Kier molecular flexibility index (Phi) is 6.43. The third-order valence-corrected chi connectivity index (χ3v) is 5.73. The minimum atomic E-state index is 0.133. The van der Waals surface area contributed by atoms with E-state index in [4.69, 9.17) is 14.2 Å². The van der Waals surface area contributed by atoms with Crippen LogP contribution in [0.15, 0.2) is 42.5 Å². The number of likely N-dealkylation sites (N-methyl/N-ethyl adjacent to an activating group) is 1. The first kappa shape index (κ1) is 20.5. The van der Waals surface area contributed by atoms with Gasteiger partial charge in [-0.1, -0.05) is 18.2 Å². The zero-order valence-corrected chi connectivity index (χ0v) is 17.8. The molecule has 0 unspecified atom stereocenters. The number of hydrogen-bond donors (Lipinski definition) is 0. The van der Waals surface area contributed by atoms with Gasteiger partial charge in [0.2, 0.25) is 5.91 Å². The summed E-state index contributed by atoms with van der Waals surface area (Å²) < 4.78 is 16.9. The quantitative estimate of drug-likeness (QED) is 0.697. The van der Waals surface area contributed by atoms with Gasteiger partial charge in [0.05, 0.1) is 13.2 Å². The maximum absolute atomic E-state index is 12.9. The fourth-order valence-corrected chi connectivity index (χ4v) is 4.17. The second-order valence-corrected chi connectivity index (χ2v) is 7.86. The Balaban J connectivity index is 1.37. The first-order chi connectivity index (χ1) is 14.6. The van der Waals surface area contributed by atoms with Crippen LogP contribution in [-0.2, 0) is 11.3 Å². The Hall–Kier alpha value is -2.73. The molecule has 2 heterocycles. The van der Waals surface area contributed by atoms with E-state index in [1.165, 1.54) is 5.56 Å². The van der Waals surface area contributed by atoms with Crippen LogP contribution in [0.5, 0.6) is 17.2 Å². The summed E-state index contributed by atoms with van der Waals surface area (Å²) in [6, 6.07) is 14.3. The van der Waals surface area contributed by atoms with Crippen molar-refractivity contribution in [1.29, 1.82) is 0 Å². The maximum Gasteiger partial charge on any atom is 0.236 e. The van der Waals surface area contributed by atoms with E-state index in [0.29, 0.717) is 32.9 Å². The Bertz CT molecular complexity index is 868. The average Bonchev–Trinajstić information content (AvgIpc) is 3.23. The van der Waals surface area contributed by atoms with Crippen LogP contribution < -0.4 is 14.2 Å². The molecule has 1 atom stereocenters. The number of hydrogen-bond acceptors (Lipinski definition) is 5. The van der Waals surface area contributed by atoms with E-state index in [9.17, 15) is 4.79 Å². The standard InChI is InChI=1S/C24H30N2O4/c1-3-28-20-9-6-18(7-10-20)16-25(2)24(27)17-26-12-4-5-21(26)19-8-11-22-23(15-19)30-14-13-29-22/h6-11,15,21H,3-5,12-14,16-17H2,1-2H3/t21-/m1/s1. The molecule has 30 heavy (non-hydrogen) atoms. The number of benzene rings is 2. The van der Waals surface area contributed by atoms with E-state index in [-0.39, 0.29) is 11.9 Å². The van der Waals surface area contributed by atoms with Gasteiger partial charge in [-0.25, -0.2) is 0 Å². The molecule has 4 rings (SSSR count). The first-order valence-electron chi connectivity index (χ1n) is 10.7. The maximum atomic E-state index is 12.9. The van der Waals surface area contributed by atoms with Gasteiger partial charge in [-0.3, -0.25) is 9.69 Å². The molecular weight excluding hydrogens is 380 g/mol. The van der Waals surface area contributed by atoms with Crippen LogP contribution in [-0.4, -0.2) is 55.7 Å². The van der Waals surface area contributed by atoms with Crippen LogP contribution in [0, 0.1) is 0 Å². The highest BCUT2D eigenvalue weighted by Gasteiger charge is 2.29. The SMILES string of the molecule is CCOc1ccc(CN(C)C(=O)CN2CCC[C@@H]2c2ccc3c(c2)OCCO3)cc1. The van der Waals surface area contributed by atoms with E-state index in [0.717, 1.165) is 42.2 Å². The summed E-state index contributed by atoms with van der Waals surface area (Å²) in [7, 11) is 1.87. The fraction of sp³-hybridized carbons (Fsp3) is 0.458. The molecule has 6 heteroatoms. The lowest BCUT2D eigenvalue weighted by Crippen LogP contribution is -2.37. The summed E-state index contributed by atoms with van der Waals surface area (Å²) in [6.45, 7) is 5.74. The third kappa shape index (κ3) is 4.70. The van der Waals surface area contributed by atoms with Crippen molar-refractivity contribution in [2.45, 2.75) is 32.4 Å². The highest BCUT2D eigenvalue weighted by Crippen LogP contribution is 2.38. The predicted molar refractivity (Wildman–Crippen MR) is 115 cm³/mol. The van der Waals surface area contributed by atoms with Crippen molar-refractivity contribution in [3.8, 4) is 17.2 Å². The van der Waals surface area contributed by atoms with E-state index in [1.807, 2.05) is 44.3 Å². The molecule has 1 saturated heterocycles. The zero-order valence-electron chi connectivity index (χ0n) is 17.8. The number of rotatable bonds is 7. The van der Waals surface area contributed by atoms with Gasteiger partial charge in [0, 0.05) is 19.6 Å². The van der Waals surface area contributed by atoms with E-state index in [1.54, 1.807) is 4.90 Å². The van der Waals surface area contributed by atoms with Gasteiger partial charge in [0.15, 0.2) is 11.5 Å². The summed E-state index contributed by atoms with van der Waals surface area (Å²) in [5, 5.41) is 0. The molecule has 0 radical (unpaired) electrons. The highest BCUT2D eigenvalue weighted by molar-refractivity contribution is 5.78. The second-order valence-electron chi connectivity index (χ2n) is 7.86. The molecule has 0 bridgehead atoms. The molecule has 1 amide bonds. The third-order valence-electron chi connectivity index (χ3n) is 5.73. The molecule has 2 aliphatic heterocycles. The summed E-state index contributed by atoms with van der Waals surface area (Å²) in [4.78, 5) is 17.0. The number of carbonyl (C=O) groups is 1. The van der Waals surface area contributed by atoms with E-state index in [2.05, 4.69) is 17.0 Å². The van der Waals surface area contributed by atoms with E-state index < -0.39 is 0 Å². The zero-order chi connectivity index (χ0) is 20.9. The monoisotopic (exact) mass is 410 g/mol. The van der Waals surface area contributed by atoms with Gasteiger partial charge in [-0.05, 0) is 61.7 Å². The van der Waals surface area contributed by atoms with Crippen molar-refractivity contribution in [3.63, 3.8) is 0 Å². The molecule has 0 aliphatic carbocycles. The predicted octanol–water partition coefficient (Wildman–Crippen LogP) is 3.65. The number of ether oxygens (including phenoxy) is 3. The number of amides is 1. The van der Waals surface area contributed by atoms with Crippen LogP contribution >= 0.6 is 0 Å². The fourth-order valence-electron chi connectivity index (χ4n) is 4.17. The minimum Gasteiger partial charge on any atom is -0.494 e. The molecule has 160 valence electrons. The molecular formula is C24H30N2O4. The molecule has 1 fully saturated rings. The lowest BCUT2D eigenvalue weighted by Gasteiger charge is -2.28. The van der Waals surface area contributed by atoms with E-state index >= 15 is 0 Å². The van der Waals surface area contributed by atoms with Crippen molar-refractivity contribution >= 4 is 5.91 Å². The summed E-state index contributed by atoms with van der Waals surface area (Å²) in [6.07, 6.45) is 2.14. The number of carbonyl (C=O) groups excluding carboxylic acids is 1. The van der Waals surface area contributed by atoms with Crippen LogP contribution in [0.2, 0.25) is 0 Å². The van der Waals surface area contributed by atoms with Crippen LogP contribution in [0.3, 0.4) is 0 Å². The lowest BCUT2D eigenvalue weighted by molar-refractivity contribution is -0.131. The Morgan fingerprint density at radius 1 is 1.13 bits per heavy atom. The van der Waals surface area contributed by atoms with Gasteiger partial charge in [0.25, 0.3) is 0 Å². The molecule has 0 saturated carbocycles. The molecule has 2 aromatic carbocycles. The first-order valence-corrected chi connectivity index (χ1v) is 10.7. The van der Waals surface area contributed by atoms with Crippen LogP contribution in [0.1, 0.15) is 36.9 Å². The van der Waals surface area contributed by atoms with Gasteiger partial charge < -0.3 is 19.1 Å². The molecule has 0 aromatic heterocycles. The minimum absolute atomic E-state index is 0.133. The van der Waals surface area contributed by atoms with Gasteiger partial charge >= 0.3 is 0 Å². The number of likely N-dealkylation sites (tertiary alicyclic amines) is 1. The van der Waals surface area contributed by atoms with Crippen LogP contribution in [0.4, 0.5) is 0 Å². The Labute approximate surface area is 178 Å². The normalized spacial score (nSPS) is 18.3. The smallest absolute Gasteiger partial charge is 0.236 e. The van der Waals surface area contributed by atoms with Crippen molar-refractivity contribution < 1.29 is 19.0 Å². The molecule has 0 spiro atoms. The van der Waals surface area contributed by atoms with Gasteiger partial charge in [-0.15, -0.1) is 0 Å². The summed E-state index contributed by atoms with van der Waals surface area (Å²) in [5.41, 5.74) is 2.29. The number of fused-ring (bicyclic) bond motifs is 1. The Morgan fingerprint density at radius 3 is 2.67 bits per heavy atom. The molecule has 6 nitrogen and oxygen atoms in total. The molecule has 2 aromatic rings. The number of nitrogens with zero attached hydrogens (tertiary/aromatic N) is 2. The topological polar surface area (TPSA) is 51.2 Å². The second kappa shape index (κ2) is 9.39. The van der Waals surface area contributed by atoms with Crippen molar-refractivity contribution in [2.75, 3.05) is 40.0 Å². The van der Waals surface area contributed by atoms with Crippen molar-refractivity contribution in [3.05, 3.63) is 53.6 Å². The average molecular weight is 411 g/mol. The molecule has 2 aliphatic rings. The molecule has 0 N–H and O–H groups in total. The lowest BCUT2D eigenvalue weighted by atomic mass is 10.0. The highest BCUT2D eigenvalue weighted by atomic mass is 16.6. The van der Waals surface area contributed by atoms with Crippen molar-refractivity contribution in [1.82, 2.24) is 9.80 Å². The Morgan fingerprint density at radius 2 is 1.90 bits per heavy atom. The van der Waals surface area contributed by atoms with Crippen LogP contribution in [0.25, 0.3) is 0 Å². The van der Waals surface area contributed by atoms with Gasteiger partial charge in [-0.2, -0.15) is 0 Å². The summed E-state index contributed by atoms with van der Waals surface area (Å²) in [5.74, 6) is 2.60. The van der Waals surface area contributed by atoms with Gasteiger partial charge in [0.1, 0.15) is 19.0 Å². The summed E-state index contributed by atoms with van der Waals surface area (Å²) >= 11 is 0. The van der Waals surface area contributed by atoms with Crippen molar-refractivity contribution in [2.24, 2.45) is 0 Å².